The summed E-state index contributed by atoms with van der Waals surface area (Å²) in [5.74, 6) is 0.259. The molecule has 0 spiro atoms. The fourth-order valence-corrected chi connectivity index (χ4v) is 15.9. The van der Waals surface area contributed by atoms with Crippen molar-refractivity contribution in [1.82, 2.24) is 13.7 Å². The summed E-state index contributed by atoms with van der Waals surface area (Å²) < 4.78 is 7.44. The van der Waals surface area contributed by atoms with Gasteiger partial charge in [-0.05, 0) is 221 Å². The molecule has 19 rings (SSSR count). The largest absolute Gasteiger partial charge is 0.313 e. The van der Waals surface area contributed by atoms with Gasteiger partial charge in [0.2, 0.25) is 0 Å². The normalized spacial score (nSPS) is 13.3. The molecule has 440 valence electrons. The first-order valence-electron chi connectivity index (χ1n) is 32.8. The van der Waals surface area contributed by atoms with Crippen molar-refractivity contribution >= 4 is 98.5 Å². The maximum atomic E-state index is 2.56. The minimum atomic E-state index is 0.259. The third kappa shape index (κ3) is 8.66. The molecule has 3 nitrogen and oxygen atoms in total. The van der Waals surface area contributed by atoms with Crippen LogP contribution in [0.25, 0.3) is 171 Å². The highest BCUT2D eigenvalue weighted by Crippen LogP contribution is 2.48. The lowest BCUT2D eigenvalue weighted by Gasteiger charge is -2.24. The molecule has 0 bridgehead atoms. The van der Waals surface area contributed by atoms with Gasteiger partial charge in [-0.25, -0.2) is 0 Å². The van der Waals surface area contributed by atoms with Gasteiger partial charge >= 0.3 is 0 Å². The predicted molar refractivity (Wildman–Crippen MR) is 399 cm³/mol. The highest BCUT2D eigenvalue weighted by atomic mass is 15.0. The highest BCUT2D eigenvalue weighted by molar-refractivity contribution is 6.26. The standard InChI is InChI=1S/C91H61N3/c1-58-47-67(65-40-45-88-83(54-65)78-33-16-18-35-86(78)92(88)71-27-10-4-11-28-71)55-85-79-34-17-19-36-87(79)94(91(58)85)73-41-46-89-84(57-73)80-44-39-66(56-90(80)93(89)72-29-12-5-13-30-72)64-38-43-77-76-42-37-63(52-81(76)74-31-14-15-32-75(74)82(77)53-64)61-25-20-26-62(48-61)70-50-68(59-21-6-2-7-22-59)49-69(51-70)60-23-8-3-9-24-60/h2-46,48-58H,47H2,1H3. The van der Waals surface area contributed by atoms with Crippen molar-refractivity contribution in [2.24, 2.45) is 0 Å². The van der Waals surface area contributed by atoms with Gasteiger partial charge in [0.25, 0.3) is 0 Å². The van der Waals surface area contributed by atoms with Crippen LogP contribution in [-0.4, -0.2) is 13.7 Å². The molecule has 3 heteroatoms. The van der Waals surface area contributed by atoms with Crippen LogP contribution < -0.4 is 0 Å². The molecule has 0 fully saturated rings. The van der Waals surface area contributed by atoms with Crippen LogP contribution in [0.3, 0.4) is 0 Å². The van der Waals surface area contributed by atoms with Crippen molar-refractivity contribution in [3.05, 3.63) is 344 Å². The average Bonchev–Trinajstić information content (AvgIpc) is 1.45. The molecule has 1 aliphatic rings. The average molecular weight is 1200 g/mol. The van der Waals surface area contributed by atoms with E-state index >= 15 is 0 Å². The van der Waals surface area contributed by atoms with Crippen LogP contribution in [0.1, 0.15) is 36.1 Å². The molecule has 1 unspecified atom stereocenters. The molecule has 0 radical (unpaired) electrons. The Labute approximate surface area is 545 Å². The Kier molecular flexibility index (Phi) is 12.3. The molecule has 3 aromatic heterocycles. The lowest BCUT2D eigenvalue weighted by Crippen LogP contribution is -2.09. The molecule has 1 atom stereocenters. The maximum Gasteiger partial charge on any atom is 0.0547 e. The highest BCUT2D eigenvalue weighted by Gasteiger charge is 2.28. The van der Waals surface area contributed by atoms with Gasteiger partial charge in [0.1, 0.15) is 0 Å². The molecule has 3 heterocycles. The minimum absolute atomic E-state index is 0.259. The topological polar surface area (TPSA) is 14.8 Å². The van der Waals surface area contributed by atoms with Gasteiger partial charge in [-0.2, -0.15) is 0 Å². The van der Waals surface area contributed by atoms with E-state index in [2.05, 4.69) is 354 Å². The van der Waals surface area contributed by atoms with Crippen LogP contribution in [0, 0.1) is 0 Å². The summed E-state index contributed by atoms with van der Waals surface area (Å²) in [4.78, 5) is 0. The summed E-state index contributed by atoms with van der Waals surface area (Å²) in [6, 6.07) is 122. The first-order chi connectivity index (χ1) is 46.5. The first-order valence-corrected chi connectivity index (χ1v) is 32.8. The van der Waals surface area contributed by atoms with Crippen LogP contribution in [0.4, 0.5) is 0 Å². The number of rotatable bonds is 9. The number of hydrogen-bond donors (Lipinski definition) is 0. The molecule has 0 saturated carbocycles. The Morgan fingerprint density at radius 2 is 0.606 bits per heavy atom. The van der Waals surface area contributed by atoms with E-state index in [9.17, 15) is 0 Å². The summed E-state index contributed by atoms with van der Waals surface area (Å²) in [5, 5.41) is 13.8. The zero-order chi connectivity index (χ0) is 62.0. The SMILES string of the molecule is CC1CC(c2ccc3c(c2)c2ccccc2n3-c2ccccc2)=Cc2c1n(-c1ccc3c(c1)c1ccc(-c4ccc5c6ccc(-c7cccc(-c8cc(-c9ccccc9)cc(-c9ccccc9)c8)c7)cc6c6ccccc6c5c4)cc1n3-c1ccccc1)c1ccccc21. The van der Waals surface area contributed by atoms with Gasteiger partial charge < -0.3 is 13.7 Å². The van der Waals surface area contributed by atoms with E-state index in [0.717, 1.165) is 12.1 Å². The van der Waals surface area contributed by atoms with E-state index in [1.807, 2.05) is 0 Å². The van der Waals surface area contributed by atoms with E-state index < -0.39 is 0 Å². The van der Waals surface area contributed by atoms with E-state index in [4.69, 9.17) is 0 Å². The zero-order valence-electron chi connectivity index (χ0n) is 51.9. The number of fused-ring (bicyclic) bond motifs is 15. The monoisotopic (exact) mass is 1200 g/mol. The molecule has 1 aliphatic carbocycles. The second-order valence-corrected chi connectivity index (χ2v) is 25.6. The second-order valence-electron chi connectivity index (χ2n) is 25.6. The zero-order valence-corrected chi connectivity index (χ0v) is 51.9. The Bertz CT molecular complexity index is 6040. The smallest absolute Gasteiger partial charge is 0.0547 e. The lowest BCUT2D eigenvalue weighted by atomic mass is 9.84. The van der Waals surface area contributed by atoms with Crippen molar-refractivity contribution < 1.29 is 0 Å². The number of hydrogen-bond acceptors (Lipinski definition) is 0. The molecule has 18 aromatic rings. The molecule has 0 amide bonds. The summed E-state index contributed by atoms with van der Waals surface area (Å²) in [6.45, 7) is 2.42. The van der Waals surface area contributed by atoms with Crippen molar-refractivity contribution in [1.29, 1.82) is 0 Å². The Morgan fingerprint density at radius 1 is 0.223 bits per heavy atom. The minimum Gasteiger partial charge on any atom is -0.313 e. The summed E-state index contributed by atoms with van der Waals surface area (Å²) >= 11 is 0. The van der Waals surface area contributed by atoms with Crippen molar-refractivity contribution in [3.8, 4) is 72.7 Å². The van der Waals surface area contributed by atoms with Crippen LogP contribution in [0.15, 0.2) is 328 Å². The van der Waals surface area contributed by atoms with Gasteiger partial charge in [0, 0.05) is 61.2 Å². The van der Waals surface area contributed by atoms with E-state index in [1.165, 1.54) is 176 Å². The summed E-state index contributed by atoms with van der Waals surface area (Å²) in [7, 11) is 0. The fourth-order valence-electron chi connectivity index (χ4n) is 15.9. The Morgan fingerprint density at radius 3 is 1.21 bits per heavy atom. The molecule has 0 aliphatic heterocycles. The van der Waals surface area contributed by atoms with E-state index in [-0.39, 0.29) is 5.92 Å². The summed E-state index contributed by atoms with van der Waals surface area (Å²) in [6.07, 6.45) is 3.43. The van der Waals surface area contributed by atoms with Gasteiger partial charge in [-0.3, -0.25) is 0 Å². The molecular weight excluding hydrogens is 1140 g/mol. The molecule has 0 N–H and O–H groups in total. The van der Waals surface area contributed by atoms with Crippen LogP contribution in [0.2, 0.25) is 0 Å². The van der Waals surface area contributed by atoms with Gasteiger partial charge in [0.15, 0.2) is 0 Å². The lowest BCUT2D eigenvalue weighted by molar-refractivity contribution is 0.733. The van der Waals surface area contributed by atoms with Gasteiger partial charge in [-0.1, -0.05) is 225 Å². The number of aromatic nitrogens is 3. The first kappa shape index (κ1) is 53.8. The van der Waals surface area contributed by atoms with Gasteiger partial charge in [-0.15, -0.1) is 0 Å². The number of benzene rings is 15. The summed E-state index contributed by atoms with van der Waals surface area (Å²) in [5.41, 5.74) is 26.9. The van der Waals surface area contributed by atoms with Crippen LogP contribution in [0.5, 0.6) is 0 Å². The molecular formula is C91H61N3. The predicted octanol–water partition coefficient (Wildman–Crippen LogP) is 24.7. The van der Waals surface area contributed by atoms with E-state index in [1.54, 1.807) is 0 Å². The van der Waals surface area contributed by atoms with Crippen LogP contribution >= 0.6 is 0 Å². The third-order valence-corrected chi connectivity index (χ3v) is 20.2. The van der Waals surface area contributed by atoms with Gasteiger partial charge in [0.05, 0.1) is 27.6 Å². The maximum absolute atomic E-state index is 2.56. The molecule has 0 saturated heterocycles. The quantitative estimate of drug-likeness (QED) is 0.128. The molecule has 15 aromatic carbocycles. The number of allylic oxidation sites excluding steroid dienone is 1. The Hall–Kier alpha value is -12.0. The van der Waals surface area contributed by atoms with Crippen molar-refractivity contribution in [2.45, 2.75) is 19.3 Å². The molecule has 94 heavy (non-hydrogen) atoms. The van der Waals surface area contributed by atoms with Crippen LogP contribution in [-0.2, 0) is 0 Å². The fraction of sp³-hybridized carbons (Fsp3) is 0.0330. The second kappa shape index (κ2) is 21.6. The number of nitrogens with zero attached hydrogens (tertiary/aromatic N) is 3. The number of para-hydroxylation sites is 4. The Balaban J connectivity index is 0.700. The van der Waals surface area contributed by atoms with Crippen molar-refractivity contribution in [2.75, 3.05) is 0 Å². The van der Waals surface area contributed by atoms with E-state index in [0.29, 0.717) is 0 Å². The third-order valence-electron chi connectivity index (χ3n) is 20.2. The van der Waals surface area contributed by atoms with Crippen molar-refractivity contribution in [3.63, 3.8) is 0 Å².